The van der Waals surface area contributed by atoms with Gasteiger partial charge in [-0.15, -0.1) is 0 Å². The summed E-state index contributed by atoms with van der Waals surface area (Å²) in [6.07, 6.45) is 0.828. The third-order valence-electron chi connectivity index (χ3n) is 5.61. The largest absolute Gasteiger partial charge is 0.726 e. The predicted molar refractivity (Wildman–Crippen MR) is 92.1 cm³/mol. The molecule has 11 nitrogen and oxygen atoms in total. The van der Waals surface area contributed by atoms with Crippen LogP contribution >= 0.6 is 0 Å². The average Bonchev–Trinajstić information content (AvgIpc) is 2.94. The molecule has 0 bridgehead atoms. The molecule has 0 aromatic carbocycles. The zero-order valence-electron chi connectivity index (χ0n) is 14.6. The van der Waals surface area contributed by atoms with Gasteiger partial charge in [0.2, 0.25) is 10.4 Å². The molecule has 5 unspecified atom stereocenters. The van der Waals surface area contributed by atoms with Gasteiger partial charge in [0.25, 0.3) is 5.56 Å². The van der Waals surface area contributed by atoms with Gasteiger partial charge in [0, 0.05) is 36.9 Å². The number of nitrogens with one attached hydrogen (secondary N) is 4. The number of aromatic amines is 2. The standard InChI is InChI=1S/C15H21N5O6S/c1-7-11-6-16-14-17-8(2-9-4-13(21)19-15(22)18-9)3-10(20(11)14)5-12(7)26-27(23,24)25/h4,7-8,10-12H,2-3,5-6H2,1H3,(H4,16,17,18,19,21,22,23,24,25)/i2+1,3+1,4+1,5+1,7+1,8+1,9+1,10+1,12+1,13+1. The van der Waals surface area contributed by atoms with Crippen LogP contribution in [0.25, 0.3) is 0 Å². The van der Waals surface area contributed by atoms with Crippen molar-refractivity contribution in [2.75, 3.05) is 6.54 Å². The molecule has 1 aromatic rings. The number of nitrogens with zero attached hydrogens (tertiary/aromatic N) is 1. The summed E-state index contributed by atoms with van der Waals surface area (Å²) in [5.74, 6) is 0.723. The lowest BCUT2D eigenvalue weighted by Crippen LogP contribution is -2.59. The molecular weight excluding hydrogens is 388 g/mol. The zero-order valence-corrected chi connectivity index (χ0v) is 15.4. The van der Waals surface area contributed by atoms with Crippen molar-refractivity contribution in [1.82, 2.24) is 20.6 Å². The van der Waals surface area contributed by atoms with Gasteiger partial charge >= 0.3 is 11.6 Å². The van der Waals surface area contributed by atoms with E-state index in [1.807, 2.05) is 6.92 Å². The Kier molecular flexibility index (Phi) is 4.35. The van der Waals surface area contributed by atoms with Crippen molar-refractivity contribution >= 4 is 16.4 Å². The fraction of sp³-hybridized carbons (Fsp3) is 0.667. The number of hydrogen-bond donors (Lipinski definition) is 4. The van der Waals surface area contributed by atoms with Gasteiger partial charge in [0.05, 0.1) is 24.7 Å². The van der Waals surface area contributed by atoms with Crippen molar-refractivity contribution in [2.24, 2.45) is 5.92 Å². The van der Waals surface area contributed by atoms with E-state index in [1.165, 1.54) is 6.07 Å². The van der Waals surface area contributed by atoms with Crippen LogP contribution in [0.4, 0.5) is 0 Å². The molecule has 1 saturated heterocycles. The smallest absolute Gasteiger partial charge is 0.346 e. The molecule has 5 atom stereocenters. The van der Waals surface area contributed by atoms with Crippen LogP contribution in [0.5, 0.6) is 0 Å². The van der Waals surface area contributed by atoms with Crippen LogP contribution in [0.2, 0.25) is 0 Å². The quantitative estimate of drug-likeness (QED) is 0.185. The number of rotatable bonds is 4. The summed E-state index contributed by atoms with van der Waals surface area (Å²) >= 11 is 0. The molecule has 3 aliphatic heterocycles. The molecule has 4 rings (SSSR count). The Morgan fingerprint density at radius 2 is 2.07 bits per heavy atom. The van der Waals surface area contributed by atoms with E-state index < -0.39 is 27.8 Å². The molecule has 0 amide bonds. The molecule has 0 spiro atoms. The summed E-state index contributed by atoms with van der Waals surface area (Å²) in [5, 5.41) is 6.68. The summed E-state index contributed by atoms with van der Waals surface area (Å²) in [6, 6.07) is 1.30. The summed E-state index contributed by atoms with van der Waals surface area (Å²) in [6.45, 7) is 2.50. The molecule has 27 heavy (non-hydrogen) atoms. The van der Waals surface area contributed by atoms with Crippen LogP contribution in [0.15, 0.2) is 15.7 Å². The van der Waals surface area contributed by atoms with E-state index in [4.69, 9.17) is 4.18 Å². The van der Waals surface area contributed by atoms with E-state index >= 15 is 0 Å². The van der Waals surface area contributed by atoms with Crippen molar-refractivity contribution in [2.45, 2.75) is 50.4 Å². The van der Waals surface area contributed by atoms with E-state index in [-0.39, 0.29) is 24.0 Å². The van der Waals surface area contributed by atoms with Crippen LogP contribution in [-0.4, -0.2) is 64.2 Å². The highest BCUT2D eigenvalue weighted by Gasteiger charge is 2.50. The molecule has 12 heteroatoms. The molecule has 0 aliphatic carbocycles. The summed E-state index contributed by atoms with van der Waals surface area (Å²) in [7, 11) is -4.77. The number of H-pyrrole nitrogens is 2. The molecule has 1 fully saturated rings. The Labute approximate surface area is 154 Å². The van der Waals surface area contributed by atoms with Crippen LogP contribution in [0.3, 0.4) is 0 Å². The molecule has 0 radical (unpaired) electrons. The second-order valence-electron chi connectivity index (χ2n) is 7.39. The maximum Gasteiger partial charge on any atom is 0.346 e. The van der Waals surface area contributed by atoms with E-state index in [9.17, 15) is 22.6 Å². The molecule has 148 valence electrons. The van der Waals surface area contributed by atoms with Gasteiger partial charge < -0.3 is 9.54 Å². The third kappa shape index (κ3) is 3.64. The van der Waals surface area contributed by atoms with Crippen molar-refractivity contribution in [3.63, 3.8) is 0 Å². The first-order valence-electron chi connectivity index (χ1n) is 8.82. The molecular formula is C15H21N5O6S. The maximum absolute atomic E-state index is 11.5. The monoisotopic (exact) mass is 409 g/mol. The SMILES string of the molecule is C[13CH]1C2CNC3=[N+]2[13CH]([13CH2][13CH]([13CH2][13c]2[13cH][13c](=O)[nH]c(=O)[nH]2)N3)[13CH2][13CH]1OS(=O)(=O)[O-]. The van der Waals surface area contributed by atoms with Crippen molar-refractivity contribution in [3.8, 4) is 0 Å². The Balaban J connectivity index is 1.57. The maximum atomic E-state index is 11.5. The van der Waals surface area contributed by atoms with Gasteiger partial charge in [-0.25, -0.2) is 13.2 Å². The predicted octanol–water partition coefficient (Wildman–Crippen LogP) is -2.44. The minimum Gasteiger partial charge on any atom is -0.726 e. The first-order chi connectivity index (χ1) is 12.7. The van der Waals surface area contributed by atoms with Crippen LogP contribution in [-0.2, 0) is 21.0 Å². The van der Waals surface area contributed by atoms with Crippen molar-refractivity contribution < 1.29 is 21.7 Å². The number of hydrogen-bond acceptors (Lipinski definition) is 8. The first-order valence-corrected chi connectivity index (χ1v) is 10.2. The molecule has 1 aromatic heterocycles. The highest BCUT2D eigenvalue weighted by molar-refractivity contribution is 7.80. The number of piperidine rings is 1. The lowest BCUT2D eigenvalue weighted by molar-refractivity contribution is -0.620. The Hall–Kier alpha value is -2.18. The highest BCUT2D eigenvalue weighted by atomic mass is 32.3. The van der Waals surface area contributed by atoms with E-state index in [1.54, 1.807) is 0 Å². The fourth-order valence-corrected chi connectivity index (χ4v) is 5.07. The minimum absolute atomic E-state index is 0.0112. The highest BCUT2D eigenvalue weighted by Crippen LogP contribution is 2.33. The van der Waals surface area contributed by atoms with Gasteiger partial charge in [0.15, 0.2) is 0 Å². The second-order valence-corrected chi connectivity index (χ2v) is 8.40. The summed E-state index contributed by atoms with van der Waals surface area (Å²) in [5.41, 5.74) is -0.496. The molecule has 3 aliphatic rings. The molecule has 4 N–H and O–H groups in total. The Morgan fingerprint density at radius 3 is 2.78 bits per heavy atom. The Morgan fingerprint density at radius 1 is 1.30 bits per heavy atom. The first kappa shape index (κ1) is 18.2. The van der Waals surface area contributed by atoms with E-state index in [0.717, 1.165) is 5.96 Å². The summed E-state index contributed by atoms with van der Waals surface area (Å²) in [4.78, 5) is 27.7. The van der Waals surface area contributed by atoms with E-state index in [0.29, 0.717) is 31.5 Å². The van der Waals surface area contributed by atoms with Crippen molar-refractivity contribution in [3.05, 3.63) is 32.6 Å². The zero-order chi connectivity index (χ0) is 19.3. The lowest BCUT2D eigenvalue weighted by atomic mass is 10.3. The fourth-order valence-electron chi connectivity index (χ4n) is 4.52. The lowest BCUT2D eigenvalue weighted by Gasteiger charge is -2.41. The average molecular weight is 409 g/mol. The molecule has 0 saturated carbocycles. The van der Waals surface area contributed by atoms with Gasteiger partial charge in [-0.05, 0) is 0 Å². The van der Waals surface area contributed by atoms with Gasteiger partial charge in [-0.2, -0.15) is 0 Å². The normalized spacial score (nSPS) is 32.6. The van der Waals surface area contributed by atoms with Gasteiger partial charge in [0.1, 0.15) is 6.04 Å². The number of guanidine groups is 1. The second kappa shape index (κ2) is 6.46. The Bertz CT molecular complexity index is 970. The number of aromatic nitrogens is 2. The minimum atomic E-state index is -4.77. The van der Waals surface area contributed by atoms with Crippen molar-refractivity contribution in [1.29, 1.82) is 0 Å². The van der Waals surface area contributed by atoms with Gasteiger partial charge in [-0.1, -0.05) is 6.92 Å². The third-order valence-corrected chi connectivity index (χ3v) is 6.09. The van der Waals surface area contributed by atoms with E-state index in [2.05, 4.69) is 25.2 Å². The van der Waals surface area contributed by atoms with Crippen LogP contribution in [0, 0.1) is 5.92 Å². The topological polar surface area (TPSA) is 159 Å². The molecule has 4 heterocycles. The van der Waals surface area contributed by atoms with Gasteiger partial charge in [-0.3, -0.25) is 29.2 Å². The summed E-state index contributed by atoms with van der Waals surface area (Å²) < 4.78 is 40.3. The van der Waals surface area contributed by atoms with Crippen LogP contribution in [0.1, 0.15) is 25.5 Å². The van der Waals surface area contributed by atoms with Crippen LogP contribution < -0.4 is 21.9 Å².